The van der Waals surface area contributed by atoms with E-state index in [4.69, 9.17) is 38.4 Å². The van der Waals surface area contributed by atoms with Gasteiger partial charge in [-0.05, 0) is 25.1 Å². The van der Waals surface area contributed by atoms with Crippen molar-refractivity contribution in [2.24, 2.45) is 5.10 Å². The van der Waals surface area contributed by atoms with Gasteiger partial charge in [0, 0.05) is 5.02 Å². The van der Waals surface area contributed by atoms with Crippen LogP contribution in [-0.2, 0) is 4.74 Å². The number of nitrogens with two attached hydrogens (primary N) is 1. The van der Waals surface area contributed by atoms with Crippen molar-refractivity contribution >= 4 is 51.8 Å². The molecule has 6 N–H and O–H groups in total. The second kappa shape index (κ2) is 9.63. The Morgan fingerprint density at radius 2 is 2.09 bits per heavy atom. The van der Waals surface area contributed by atoms with E-state index in [0.29, 0.717) is 21.5 Å². The molecule has 0 unspecified atom stereocenters. The quantitative estimate of drug-likeness (QED) is 0.235. The Morgan fingerprint density at radius 1 is 1.30 bits per heavy atom. The van der Waals surface area contributed by atoms with E-state index in [1.807, 2.05) is 0 Å². The Hall–Kier alpha value is -2.74. The summed E-state index contributed by atoms with van der Waals surface area (Å²) in [4.78, 5) is 12.5. The van der Waals surface area contributed by atoms with Gasteiger partial charge >= 0.3 is 0 Å². The van der Waals surface area contributed by atoms with Crippen LogP contribution in [0.5, 0.6) is 5.75 Å². The highest BCUT2D eigenvalue weighted by Gasteiger charge is 2.45. The lowest BCUT2D eigenvalue weighted by Crippen LogP contribution is -2.33. The van der Waals surface area contributed by atoms with Gasteiger partial charge in [-0.1, -0.05) is 23.2 Å². The van der Waals surface area contributed by atoms with Crippen molar-refractivity contribution in [1.82, 2.24) is 19.5 Å². The predicted molar refractivity (Wildman–Crippen MR) is 121 cm³/mol. The molecule has 14 heteroatoms. The average Bonchev–Trinajstić information content (AvgIpc) is 3.29. The van der Waals surface area contributed by atoms with Crippen LogP contribution >= 0.6 is 23.2 Å². The molecule has 12 nitrogen and oxygen atoms in total. The van der Waals surface area contributed by atoms with Crippen molar-refractivity contribution < 1.29 is 24.8 Å². The van der Waals surface area contributed by atoms with Crippen molar-refractivity contribution in [3.63, 3.8) is 0 Å². The summed E-state index contributed by atoms with van der Waals surface area (Å²) >= 11 is 12.0. The number of hydrazone groups is 1. The molecule has 1 fully saturated rings. The predicted octanol–water partition coefficient (Wildman–Crippen LogP) is 1.19. The van der Waals surface area contributed by atoms with Gasteiger partial charge in [0.15, 0.2) is 23.2 Å². The summed E-state index contributed by atoms with van der Waals surface area (Å²) < 4.78 is 12.7. The molecule has 1 saturated heterocycles. The highest BCUT2D eigenvalue weighted by atomic mass is 35.5. The molecule has 0 aliphatic carbocycles. The topological polar surface area (TPSA) is 173 Å². The highest BCUT2D eigenvalue weighted by Crippen LogP contribution is 2.35. The molecule has 0 bridgehead atoms. The summed E-state index contributed by atoms with van der Waals surface area (Å²) in [6.45, 7) is 1.33. The van der Waals surface area contributed by atoms with Crippen LogP contribution in [0.3, 0.4) is 0 Å². The Bertz CT molecular complexity index is 1190. The highest BCUT2D eigenvalue weighted by molar-refractivity contribution is 6.35. The smallest absolute Gasteiger partial charge is 0.228 e. The molecule has 0 spiro atoms. The summed E-state index contributed by atoms with van der Waals surface area (Å²) in [5.41, 5.74) is 9.72. The fraction of sp³-hybridized carbons (Fsp3) is 0.368. The van der Waals surface area contributed by atoms with E-state index >= 15 is 0 Å². The van der Waals surface area contributed by atoms with Crippen LogP contribution in [0.2, 0.25) is 10.0 Å². The van der Waals surface area contributed by atoms with Gasteiger partial charge in [0.25, 0.3) is 0 Å². The van der Waals surface area contributed by atoms with E-state index in [9.17, 15) is 15.3 Å². The number of nitrogens with zero attached hydrogens (tertiary/aromatic N) is 5. The van der Waals surface area contributed by atoms with Gasteiger partial charge in [-0.25, -0.2) is 20.4 Å². The number of anilines is 2. The maximum absolute atomic E-state index is 10.5. The lowest BCUT2D eigenvalue weighted by molar-refractivity contribution is -0.0501. The zero-order chi connectivity index (χ0) is 23.7. The number of hydrogen-bond donors (Lipinski definition) is 5. The van der Waals surface area contributed by atoms with Gasteiger partial charge in [0.1, 0.15) is 37.0 Å². The molecular weight excluding hydrogens is 477 g/mol. The average molecular weight is 498 g/mol. The van der Waals surface area contributed by atoms with E-state index in [1.54, 1.807) is 25.1 Å². The molecule has 4 rings (SSSR count). The number of imidazole rings is 1. The standard InChI is InChI=1S/C19H21Cl2N7O5/c1-8(6-32-11-3-2-9(20)4-10(11)21)26-27-19-25-13-16(22)23-7-24-17(13)28(19)18-15(31)14(30)12(5-29)33-18/h2-4,7,12,14-15,18,29-31H,5-6H2,1H3,(H,25,27)(H2,22,23,24)/t12-,14-,15-,18-/m1/s1. The number of nitrogens with one attached hydrogen (secondary N) is 1. The van der Waals surface area contributed by atoms with Crippen LogP contribution in [0, 0.1) is 0 Å². The van der Waals surface area contributed by atoms with Crippen LogP contribution in [0.4, 0.5) is 11.8 Å². The monoisotopic (exact) mass is 497 g/mol. The Kier molecular flexibility index (Phi) is 6.83. The van der Waals surface area contributed by atoms with Crippen molar-refractivity contribution in [3.8, 4) is 5.75 Å². The van der Waals surface area contributed by atoms with Gasteiger partial charge in [-0.3, -0.25) is 4.57 Å². The third-order valence-corrected chi connectivity index (χ3v) is 5.48. The largest absolute Gasteiger partial charge is 0.486 e. The van der Waals surface area contributed by atoms with Crippen LogP contribution in [0.1, 0.15) is 13.2 Å². The number of aliphatic hydroxyl groups is 3. The van der Waals surface area contributed by atoms with Gasteiger partial charge in [0.05, 0.1) is 17.3 Å². The summed E-state index contributed by atoms with van der Waals surface area (Å²) in [6, 6.07) is 4.87. The summed E-state index contributed by atoms with van der Waals surface area (Å²) in [7, 11) is 0. The molecule has 3 heterocycles. The third-order valence-electron chi connectivity index (χ3n) is 4.95. The Morgan fingerprint density at radius 3 is 2.79 bits per heavy atom. The summed E-state index contributed by atoms with van der Waals surface area (Å²) in [6.07, 6.45) is -3.54. The normalized spacial score (nSPS) is 23.3. The molecule has 176 valence electrons. The molecule has 1 aromatic carbocycles. The minimum absolute atomic E-state index is 0.102. The van der Waals surface area contributed by atoms with E-state index in [0.717, 1.165) is 0 Å². The summed E-state index contributed by atoms with van der Waals surface area (Å²) in [5, 5.41) is 35.2. The molecule has 33 heavy (non-hydrogen) atoms. The zero-order valence-corrected chi connectivity index (χ0v) is 18.8. The first-order valence-electron chi connectivity index (χ1n) is 9.78. The number of benzene rings is 1. The first kappa shape index (κ1) is 23.4. The fourth-order valence-electron chi connectivity index (χ4n) is 3.29. The number of aromatic nitrogens is 4. The van der Waals surface area contributed by atoms with Crippen molar-refractivity contribution in [2.45, 2.75) is 31.5 Å². The molecular formula is C19H21Cl2N7O5. The van der Waals surface area contributed by atoms with Gasteiger partial charge < -0.3 is 30.5 Å². The van der Waals surface area contributed by atoms with Crippen LogP contribution in [0.15, 0.2) is 29.6 Å². The second-order valence-electron chi connectivity index (χ2n) is 7.29. The maximum Gasteiger partial charge on any atom is 0.228 e. The first-order chi connectivity index (χ1) is 15.8. The molecule has 0 amide bonds. The number of rotatable bonds is 7. The van der Waals surface area contributed by atoms with Crippen molar-refractivity contribution in [2.75, 3.05) is 24.4 Å². The second-order valence-corrected chi connectivity index (χ2v) is 8.13. The first-order valence-corrected chi connectivity index (χ1v) is 10.5. The fourth-order valence-corrected chi connectivity index (χ4v) is 3.75. The molecule has 0 radical (unpaired) electrons. The Labute approximate surface area is 197 Å². The number of hydrogen-bond acceptors (Lipinski definition) is 11. The molecule has 2 aromatic heterocycles. The molecule has 1 aliphatic heterocycles. The number of ether oxygens (including phenoxy) is 2. The van der Waals surface area contributed by atoms with Crippen molar-refractivity contribution in [3.05, 3.63) is 34.6 Å². The molecule has 1 aliphatic rings. The Balaban J connectivity index is 1.59. The minimum Gasteiger partial charge on any atom is -0.486 e. The van der Waals surface area contributed by atoms with Crippen LogP contribution in [0.25, 0.3) is 11.2 Å². The third kappa shape index (κ3) is 4.67. The molecule has 4 atom stereocenters. The maximum atomic E-state index is 10.5. The van der Waals surface area contributed by atoms with Crippen LogP contribution < -0.4 is 15.9 Å². The van der Waals surface area contributed by atoms with Gasteiger partial charge in [-0.15, -0.1) is 0 Å². The number of nitrogen functional groups attached to an aromatic ring is 1. The van der Waals surface area contributed by atoms with Crippen molar-refractivity contribution in [1.29, 1.82) is 0 Å². The van der Waals surface area contributed by atoms with E-state index < -0.39 is 31.1 Å². The van der Waals surface area contributed by atoms with E-state index in [2.05, 4.69) is 25.5 Å². The van der Waals surface area contributed by atoms with Crippen LogP contribution in [-0.4, -0.2) is 72.1 Å². The van der Waals surface area contributed by atoms with Gasteiger partial charge in [-0.2, -0.15) is 5.10 Å². The van der Waals surface area contributed by atoms with E-state index in [-0.39, 0.29) is 29.5 Å². The van der Waals surface area contributed by atoms with E-state index in [1.165, 1.54) is 10.9 Å². The number of fused-ring (bicyclic) bond motifs is 1. The lowest BCUT2D eigenvalue weighted by atomic mass is 10.1. The van der Waals surface area contributed by atoms with Gasteiger partial charge in [0.2, 0.25) is 5.95 Å². The number of halogens is 2. The minimum atomic E-state index is -1.36. The number of aliphatic hydroxyl groups excluding tert-OH is 3. The molecule has 0 saturated carbocycles. The summed E-state index contributed by atoms with van der Waals surface area (Å²) in [5.74, 6) is 0.670. The molecule has 3 aromatic rings. The zero-order valence-electron chi connectivity index (χ0n) is 17.3. The lowest BCUT2D eigenvalue weighted by Gasteiger charge is -2.19. The SMILES string of the molecule is CC(COc1ccc(Cl)cc1Cl)=NNc1nc2c(N)ncnc2n1[C@@H]1O[C@H](CO)[C@@H](O)[C@H]1O.